The van der Waals surface area contributed by atoms with Gasteiger partial charge in [0.1, 0.15) is 17.9 Å². The topological polar surface area (TPSA) is 100 Å². The third kappa shape index (κ3) is 6.44. The van der Waals surface area contributed by atoms with E-state index in [1.165, 1.54) is 30.6 Å². The molecule has 2 aliphatic heterocycles. The standard InChI is InChI=1S/C27H34F3N5O4/c1-17-14-22(36)24-23(17)25(33-16-32-24)34-8-10-35(11-9-34)26(37)21(15-31-19-6-12-38-13-7-19)18-2-4-20(5-3-18)39-27(28,29)30/h2-5,16-17,19,21-22,31,36H,6-15H2,1H3/t17-,21?,22-/m1/s1. The van der Waals surface area contributed by atoms with Crippen LogP contribution < -0.4 is 15.0 Å². The predicted octanol–water partition coefficient (Wildman–Crippen LogP) is 3.12. The molecule has 2 fully saturated rings. The molecule has 39 heavy (non-hydrogen) atoms. The number of anilines is 1. The van der Waals surface area contributed by atoms with Gasteiger partial charge in [0.05, 0.1) is 17.7 Å². The lowest BCUT2D eigenvalue weighted by atomic mass is 9.95. The van der Waals surface area contributed by atoms with Gasteiger partial charge in [-0.05, 0) is 42.9 Å². The number of amides is 1. The Morgan fingerprint density at radius 1 is 1.15 bits per heavy atom. The molecule has 9 nitrogen and oxygen atoms in total. The molecule has 1 amide bonds. The van der Waals surface area contributed by atoms with E-state index in [9.17, 15) is 23.1 Å². The second-order valence-electron chi connectivity index (χ2n) is 10.4. The van der Waals surface area contributed by atoms with E-state index in [1.54, 1.807) is 0 Å². The Morgan fingerprint density at radius 2 is 1.85 bits per heavy atom. The van der Waals surface area contributed by atoms with Crippen LogP contribution in [0.1, 0.15) is 60.9 Å². The summed E-state index contributed by atoms with van der Waals surface area (Å²) in [7, 11) is 0. The minimum absolute atomic E-state index is 0.0737. The van der Waals surface area contributed by atoms with Crippen molar-refractivity contribution in [2.75, 3.05) is 50.8 Å². The summed E-state index contributed by atoms with van der Waals surface area (Å²) in [6, 6.07) is 5.78. The van der Waals surface area contributed by atoms with Gasteiger partial charge in [0.2, 0.25) is 5.91 Å². The zero-order valence-electron chi connectivity index (χ0n) is 21.9. The van der Waals surface area contributed by atoms with Gasteiger partial charge in [0, 0.05) is 57.5 Å². The van der Waals surface area contributed by atoms with Crippen LogP contribution in [0.2, 0.25) is 0 Å². The van der Waals surface area contributed by atoms with E-state index >= 15 is 0 Å². The molecule has 3 aliphatic rings. The van der Waals surface area contributed by atoms with Crippen LogP contribution in [0, 0.1) is 0 Å². The minimum Gasteiger partial charge on any atom is -0.406 e. The molecule has 2 aromatic rings. The van der Waals surface area contributed by atoms with E-state index in [0.29, 0.717) is 63.6 Å². The van der Waals surface area contributed by atoms with Crippen LogP contribution in [0.5, 0.6) is 5.75 Å². The number of halogens is 3. The number of nitrogens with one attached hydrogen (secondary N) is 1. The Hall–Kier alpha value is -2.96. The van der Waals surface area contributed by atoms with Crippen molar-refractivity contribution in [3.05, 3.63) is 47.4 Å². The third-order valence-electron chi connectivity index (χ3n) is 7.82. The molecule has 3 heterocycles. The van der Waals surface area contributed by atoms with Crippen molar-refractivity contribution in [1.82, 2.24) is 20.2 Å². The van der Waals surface area contributed by atoms with Gasteiger partial charge in [-0.25, -0.2) is 9.97 Å². The molecule has 3 atom stereocenters. The molecule has 0 spiro atoms. The third-order valence-corrected chi connectivity index (χ3v) is 7.82. The van der Waals surface area contributed by atoms with Crippen LogP contribution in [0.3, 0.4) is 0 Å². The number of carbonyl (C=O) groups is 1. The summed E-state index contributed by atoms with van der Waals surface area (Å²) in [5.74, 6) is 0.0123. The van der Waals surface area contributed by atoms with Crippen molar-refractivity contribution in [3.8, 4) is 5.75 Å². The van der Waals surface area contributed by atoms with Gasteiger partial charge in [-0.15, -0.1) is 13.2 Å². The molecule has 1 aromatic carbocycles. The molecule has 2 saturated heterocycles. The van der Waals surface area contributed by atoms with Crippen LogP contribution in [0.4, 0.5) is 19.0 Å². The molecule has 0 radical (unpaired) electrons. The fourth-order valence-electron chi connectivity index (χ4n) is 5.75. The molecule has 1 aliphatic carbocycles. The number of rotatable bonds is 7. The Kier molecular flexibility index (Phi) is 8.24. The number of hydrogen-bond acceptors (Lipinski definition) is 8. The molecule has 0 saturated carbocycles. The first-order chi connectivity index (χ1) is 18.7. The fraction of sp³-hybridized carbons (Fsp3) is 0.593. The van der Waals surface area contributed by atoms with E-state index in [1.807, 2.05) is 4.90 Å². The van der Waals surface area contributed by atoms with Crippen molar-refractivity contribution < 1.29 is 32.5 Å². The molecular weight excluding hydrogens is 515 g/mol. The summed E-state index contributed by atoms with van der Waals surface area (Å²) in [5.41, 5.74) is 2.29. The number of alkyl halides is 3. The number of hydrogen-bond donors (Lipinski definition) is 2. The van der Waals surface area contributed by atoms with Crippen molar-refractivity contribution >= 4 is 11.7 Å². The van der Waals surface area contributed by atoms with Crippen LogP contribution in [0.15, 0.2) is 30.6 Å². The monoisotopic (exact) mass is 549 g/mol. The number of nitrogens with zero attached hydrogens (tertiary/aromatic N) is 4. The van der Waals surface area contributed by atoms with E-state index in [2.05, 4.69) is 31.8 Å². The Bertz CT molecular complexity index is 1140. The Balaban J connectivity index is 1.28. The minimum atomic E-state index is -4.78. The molecule has 0 bridgehead atoms. The molecule has 1 unspecified atom stereocenters. The zero-order chi connectivity index (χ0) is 27.6. The number of ether oxygens (including phenoxy) is 2. The van der Waals surface area contributed by atoms with Crippen molar-refractivity contribution in [2.24, 2.45) is 0 Å². The van der Waals surface area contributed by atoms with E-state index < -0.39 is 18.4 Å². The van der Waals surface area contributed by atoms with E-state index in [-0.39, 0.29) is 23.6 Å². The lowest BCUT2D eigenvalue weighted by Gasteiger charge is -2.38. The molecule has 12 heteroatoms. The average molecular weight is 550 g/mol. The normalized spacial score (nSPS) is 23.0. The first-order valence-corrected chi connectivity index (χ1v) is 13.4. The van der Waals surface area contributed by atoms with Crippen LogP contribution in [0.25, 0.3) is 0 Å². The first kappa shape index (κ1) is 27.6. The summed E-state index contributed by atoms with van der Waals surface area (Å²) in [5, 5.41) is 13.8. The quantitative estimate of drug-likeness (QED) is 0.544. The largest absolute Gasteiger partial charge is 0.573 e. The summed E-state index contributed by atoms with van der Waals surface area (Å²) >= 11 is 0. The summed E-state index contributed by atoms with van der Waals surface area (Å²) in [6.45, 7) is 5.87. The molecule has 1 aromatic heterocycles. The highest BCUT2D eigenvalue weighted by Gasteiger charge is 2.35. The molecule has 212 valence electrons. The molecule has 2 N–H and O–H groups in total. The SMILES string of the molecule is C[C@@H]1C[C@@H](O)c2ncnc(N3CCN(C(=O)C(CNC4CCOCC4)c4ccc(OC(F)(F)F)cc4)CC3)c21. The van der Waals surface area contributed by atoms with Crippen LogP contribution >= 0.6 is 0 Å². The van der Waals surface area contributed by atoms with Crippen molar-refractivity contribution in [1.29, 1.82) is 0 Å². The number of piperazine rings is 1. The number of aromatic nitrogens is 2. The smallest absolute Gasteiger partial charge is 0.406 e. The molecule has 5 rings (SSSR count). The lowest BCUT2D eigenvalue weighted by molar-refractivity contribution is -0.274. The highest BCUT2D eigenvalue weighted by Crippen LogP contribution is 2.42. The maximum atomic E-state index is 13.8. The van der Waals surface area contributed by atoms with Crippen molar-refractivity contribution in [2.45, 2.75) is 56.5 Å². The van der Waals surface area contributed by atoms with Gasteiger partial charge in [-0.1, -0.05) is 19.1 Å². The number of aliphatic hydroxyl groups excluding tert-OH is 1. The molecular formula is C27H34F3N5O4. The number of fused-ring (bicyclic) bond motifs is 1. The maximum absolute atomic E-state index is 13.8. The Morgan fingerprint density at radius 3 is 2.51 bits per heavy atom. The maximum Gasteiger partial charge on any atom is 0.573 e. The average Bonchev–Trinajstić information content (AvgIpc) is 3.22. The van der Waals surface area contributed by atoms with Crippen LogP contribution in [-0.4, -0.2) is 84.2 Å². The summed E-state index contributed by atoms with van der Waals surface area (Å²) < 4.78 is 47.4. The highest BCUT2D eigenvalue weighted by atomic mass is 19.4. The summed E-state index contributed by atoms with van der Waals surface area (Å²) in [6.07, 6.45) is -1.58. The van der Waals surface area contributed by atoms with Gasteiger partial charge in [-0.3, -0.25) is 4.79 Å². The van der Waals surface area contributed by atoms with E-state index in [0.717, 1.165) is 24.2 Å². The van der Waals surface area contributed by atoms with Crippen LogP contribution in [-0.2, 0) is 9.53 Å². The zero-order valence-corrected chi connectivity index (χ0v) is 21.9. The number of benzene rings is 1. The second kappa shape index (κ2) is 11.6. The van der Waals surface area contributed by atoms with Gasteiger partial charge < -0.3 is 29.7 Å². The van der Waals surface area contributed by atoms with Gasteiger partial charge in [0.25, 0.3) is 0 Å². The Labute approximate surface area is 225 Å². The lowest BCUT2D eigenvalue weighted by Crippen LogP contribution is -2.51. The summed E-state index contributed by atoms with van der Waals surface area (Å²) in [4.78, 5) is 26.5. The van der Waals surface area contributed by atoms with Gasteiger partial charge >= 0.3 is 6.36 Å². The van der Waals surface area contributed by atoms with Gasteiger partial charge in [0.15, 0.2) is 0 Å². The number of carbonyl (C=O) groups excluding carboxylic acids is 1. The number of aliphatic hydroxyl groups is 1. The highest BCUT2D eigenvalue weighted by molar-refractivity contribution is 5.84. The first-order valence-electron chi connectivity index (χ1n) is 13.4. The van der Waals surface area contributed by atoms with E-state index in [4.69, 9.17) is 4.74 Å². The predicted molar refractivity (Wildman–Crippen MR) is 137 cm³/mol. The fourth-order valence-corrected chi connectivity index (χ4v) is 5.75. The van der Waals surface area contributed by atoms with Gasteiger partial charge in [-0.2, -0.15) is 0 Å². The van der Waals surface area contributed by atoms with Crippen molar-refractivity contribution in [3.63, 3.8) is 0 Å². The second-order valence-corrected chi connectivity index (χ2v) is 10.4.